The lowest BCUT2D eigenvalue weighted by molar-refractivity contribution is -0.385. The SMILES string of the molecule is O=C(Nc1ccc(O)c([N+](=O)[O-])c1)Nc1cccc2ccccc12. The third kappa shape index (κ3) is 3.09. The molecule has 0 saturated carbocycles. The Morgan fingerprint density at radius 1 is 1.00 bits per heavy atom. The number of nitro groups is 1. The number of rotatable bonds is 3. The predicted molar refractivity (Wildman–Crippen MR) is 91.4 cm³/mol. The van der Waals surface area contributed by atoms with Crippen LogP contribution in [0.5, 0.6) is 5.75 Å². The Hall–Kier alpha value is -3.61. The van der Waals surface area contributed by atoms with Crippen LogP contribution in [0.15, 0.2) is 60.7 Å². The molecule has 0 saturated heterocycles. The van der Waals surface area contributed by atoms with Crippen molar-refractivity contribution in [3.05, 3.63) is 70.8 Å². The predicted octanol–water partition coefficient (Wildman–Crippen LogP) is 4.10. The number of carbonyl (C=O) groups excluding carboxylic acids is 1. The number of nitrogens with zero attached hydrogens (tertiary/aromatic N) is 1. The number of benzene rings is 3. The topological polar surface area (TPSA) is 104 Å². The number of anilines is 2. The maximum atomic E-state index is 12.1. The van der Waals surface area contributed by atoms with Crippen molar-refractivity contribution in [3.8, 4) is 5.75 Å². The van der Waals surface area contributed by atoms with Gasteiger partial charge in [0.05, 0.1) is 10.6 Å². The van der Waals surface area contributed by atoms with E-state index >= 15 is 0 Å². The fraction of sp³-hybridized carbons (Fsp3) is 0. The van der Waals surface area contributed by atoms with E-state index in [1.54, 1.807) is 6.07 Å². The van der Waals surface area contributed by atoms with Crippen molar-refractivity contribution < 1.29 is 14.8 Å². The number of urea groups is 1. The van der Waals surface area contributed by atoms with Crippen LogP contribution in [0.25, 0.3) is 10.8 Å². The van der Waals surface area contributed by atoms with E-state index in [9.17, 15) is 20.0 Å². The molecule has 3 aromatic rings. The zero-order valence-electron chi connectivity index (χ0n) is 12.4. The minimum Gasteiger partial charge on any atom is -0.502 e. The van der Waals surface area contributed by atoms with Crippen LogP contribution in [0.1, 0.15) is 0 Å². The lowest BCUT2D eigenvalue weighted by Gasteiger charge is -2.10. The van der Waals surface area contributed by atoms with E-state index in [4.69, 9.17) is 0 Å². The molecule has 3 rings (SSSR count). The number of phenols is 1. The Morgan fingerprint density at radius 2 is 1.75 bits per heavy atom. The lowest BCUT2D eigenvalue weighted by Crippen LogP contribution is -2.19. The third-order valence-corrected chi connectivity index (χ3v) is 3.47. The maximum Gasteiger partial charge on any atom is 0.323 e. The van der Waals surface area contributed by atoms with Crippen LogP contribution in [0.4, 0.5) is 21.9 Å². The number of carbonyl (C=O) groups is 1. The van der Waals surface area contributed by atoms with E-state index in [1.165, 1.54) is 6.07 Å². The highest BCUT2D eigenvalue weighted by molar-refractivity contribution is 6.06. The summed E-state index contributed by atoms with van der Waals surface area (Å²) in [5, 5.41) is 27.3. The van der Waals surface area contributed by atoms with Gasteiger partial charge in [-0.15, -0.1) is 0 Å². The molecule has 0 bridgehead atoms. The summed E-state index contributed by atoms with van der Waals surface area (Å²) in [4.78, 5) is 22.2. The molecule has 24 heavy (non-hydrogen) atoms. The molecule has 7 heteroatoms. The van der Waals surface area contributed by atoms with Gasteiger partial charge in [-0.2, -0.15) is 0 Å². The Kier molecular flexibility index (Phi) is 3.98. The van der Waals surface area contributed by atoms with Gasteiger partial charge in [0.1, 0.15) is 0 Å². The Labute approximate surface area is 136 Å². The summed E-state index contributed by atoms with van der Waals surface area (Å²) in [7, 11) is 0. The molecule has 0 aliphatic heterocycles. The second kappa shape index (κ2) is 6.25. The Morgan fingerprint density at radius 3 is 2.54 bits per heavy atom. The van der Waals surface area contributed by atoms with Crippen LogP contribution in [-0.2, 0) is 0 Å². The van der Waals surface area contributed by atoms with Crippen molar-refractivity contribution in [1.82, 2.24) is 0 Å². The summed E-state index contributed by atoms with van der Waals surface area (Å²) >= 11 is 0. The molecule has 120 valence electrons. The van der Waals surface area contributed by atoms with Gasteiger partial charge in [0.15, 0.2) is 5.75 Å². The van der Waals surface area contributed by atoms with Gasteiger partial charge < -0.3 is 15.7 Å². The van der Waals surface area contributed by atoms with Crippen LogP contribution < -0.4 is 10.6 Å². The number of hydrogen-bond donors (Lipinski definition) is 3. The third-order valence-electron chi connectivity index (χ3n) is 3.47. The first-order chi connectivity index (χ1) is 11.5. The lowest BCUT2D eigenvalue weighted by atomic mass is 10.1. The van der Waals surface area contributed by atoms with Crippen molar-refractivity contribution >= 4 is 33.9 Å². The summed E-state index contributed by atoms with van der Waals surface area (Å²) in [5.74, 6) is -0.458. The van der Waals surface area contributed by atoms with E-state index in [0.29, 0.717) is 5.69 Å². The van der Waals surface area contributed by atoms with Crippen molar-refractivity contribution in [2.75, 3.05) is 10.6 Å². The average Bonchev–Trinajstić information content (AvgIpc) is 2.56. The fourth-order valence-corrected chi connectivity index (χ4v) is 2.37. The minimum absolute atomic E-state index is 0.206. The number of aromatic hydroxyl groups is 1. The summed E-state index contributed by atoms with van der Waals surface area (Å²) in [6.45, 7) is 0. The normalized spacial score (nSPS) is 10.3. The molecule has 3 N–H and O–H groups in total. The molecule has 0 atom stereocenters. The van der Waals surface area contributed by atoms with Gasteiger partial charge in [0.2, 0.25) is 0 Å². The fourth-order valence-electron chi connectivity index (χ4n) is 2.37. The molecule has 0 spiro atoms. The zero-order chi connectivity index (χ0) is 17.1. The van der Waals surface area contributed by atoms with Gasteiger partial charge in [0.25, 0.3) is 0 Å². The quantitative estimate of drug-likeness (QED) is 0.383. The number of nitrogens with one attached hydrogen (secondary N) is 2. The molecular formula is C17H13N3O4. The van der Waals surface area contributed by atoms with Gasteiger partial charge >= 0.3 is 11.7 Å². The number of phenolic OH excluding ortho intramolecular Hbond substituents is 1. The molecule has 0 fully saturated rings. The Balaban J connectivity index is 1.81. The molecule has 0 aliphatic carbocycles. The first-order valence-electron chi connectivity index (χ1n) is 7.08. The summed E-state index contributed by atoms with van der Waals surface area (Å²) < 4.78 is 0. The standard InChI is InChI=1S/C17H13N3O4/c21-16-9-8-12(10-15(16)20(23)24)18-17(22)19-14-7-3-5-11-4-1-2-6-13(11)14/h1-10,21H,(H2,18,19,22). The highest BCUT2D eigenvalue weighted by Crippen LogP contribution is 2.29. The monoisotopic (exact) mass is 323 g/mol. The molecular weight excluding hydrogens is 310 g/mol. The Bertz CT molecular complexity index is 935. The van der Waals surface area contributed by atoms with E-state index < -0.39 is 22.4 Å². The zero-order valence-corrected chi connectivity index (χ0v) is 12.4. The molecule has 7 nitrogen and oxygen atoms in total. The van der Waals surface area contributed by atoms with Crippen molar-refractivity contribution in [2.45, 2.75) is 0 Å². The van der Waals surface area contributed by atoms with Gasteiger partial charge in [-0.05, 0) is 23.6 Å². The maximum absolute atomic E-state index is 12.1. The van der Waals surface area contributed by atoms with Gasteiger partial charge in [-0.25, -0.2) is 4.79 Å². The largest absolute Gasteiger partial charge is 0.502 e. The molecule has 0 radical (unpaired) electrons. The van der Waals surface area contributed by atoms with Crippen molar-refractivity contribution in [1.29, 1.82) is 0 Å². The summed E-state index contributed by atoms with van der Waals surface area (Å²) in [6.07, 6.45) is 0. The highest BCUT2D eigenvalue weighted by Gasteiger charge is 2.15. The van der Waals surface area contributed by atoms with Crippen LogP contribution in [0.2, 0.25) is 0 Å². The molecule has 0 heterocycles. The van der Waals surface area contributed by atoms with Crippen LogP contribution in [-0.4, -0.2) is 16.1 Å². The van der Waals surface area contributed by atoms with Gasteiger partial charge in [0, 0.05) is 17.1 Å². The van der Waals surface area contributed by atoms with Gasteiger partial charge in [-0.1, -0.05) is 36.4 Å². The average molecular weight is 323 g/mol. The number of amides is 2. The van der Waals surface area contributed by atoms with Crippen LogP contribution in [0.3, 0.4) is 0 Å². The highest BCUT2D eigenvalue weighted by atomic mass is 16.6. The first kappa shape index (κ1) is 15.3. The second-order valence-corrected chi connectivity index (χ2v) is 5.07. The first-order valence-corrected chi connectivity index (χ1v) is 7.08. The number of fused-ring (bicyclic) bond motifs is 1. The molecule has 2 amide bonds. The second-order valence-electron chi connectivity index (χ2n) is 5.07. The van der Waals surface area contributed by atoms with E-state index in [-0.39, 0.29) is 5.69 Å². The number of hydrogen-bond acceptors (Lipinski definition) is 4. The molecule has 0 aromatic heterocycles. The molecule has 3 aromatic carbocycles. The number of nitro benzene ring substituents is 1. The molecule has 0 aliphatic rings. The van der Waals surface area contributed by atoms with Crippen molar-refractivity contribution in [3.63, 3.8) is 0 Å². The van der Waals surface area contributed by atoms with E-state index in [0.717, 1.165) is 22.9 Å². The summed E-state index contributed by atoms with van der Waals surface area (Å²) in [6, 6.07) is 16.2. The van der Waals surface area contributed by atoms with Gasteiger partial charge in [-0.3, -0.25) is 10.1 Å². The van der Waals surface area contributed by atoms with Crippen LogP contribution in [0, 0.1) is 10.1 Å². The molecule has 0 unspecified atom stereocenters. The smallest absolute Gasteiger partial charge is 0.323 e. The minimum atomic E-state index is -0.719. The van der Waals surface area contributed by atoms with E-state index in [1.807, 2.05) is 36.4 Å². The van der Waals surface area contributed by atoms with E-state index in [2.05, 4.69) is 10.6 Å². The van der Waals surface area contributed by atoms with Crippen LogP contribution >= 0.6 is 0 Å². The summed E-state index contributed by atoms with van der Waals surface area (Å²) in [5.41, 5.74) is 0.356. The van der Waals surface area contributed by atoms with Crippen molar-refractivity contribution in [2.24, 2.45) is 0 Å².